The number of carbonyl (C=O) groups excluding carboxylic acids is 1. The maximum Gasteiger partial charge on any atom is 0.244 e. The fraction of sp³-hybridized carbons (Fsp3) is 0.0769. The Labute approximate surface area is 123 Å². The Morgan fingerprint density at radius 1 is 1.44 bits per heavy atom. The second kappa shape index (κ2) is 6.41. The first-order chi connectivity index (χ1) is 8.70. The highest BCUT2D eigenvalue weighted by molar-refractivity contribution is 9.10. The molecule has 1 aliphatic rings. The van der Waals surface area contributed by atoms with Crippen LogP contribution in [0, 0.1) is 0 Å². The molecule has 2 rings (SSSR count). The lowest BCUT2D eigenvalue weighted by atomic mass is 10.2. The average molecular weight is 340 g/mol. The van der Waals surface area contributed by atoms with Crippen LogP contribution in [0.3, 0.4) is 0 Å². The second-order valence-corrected chi connectivity index (χ2v) is 6.50. The molecular formula is C13H10BrNOS2. The number of hydrogen-bond donors (Lipinski definition) is 0. The average Bonchev–Trinajstić information content (AvgIpc) is 2.70. The van der Waals surface area contributed by atoms with E-state index in [1.54, 1.807) is 12.2 Å². The summed E-state index contributed by atoms with van der Waals surface area (Å²) in [5, 5.41) is -0.00249. The van der Waals surface area contributed by atoms with Gasteiger partial charge in [-0.15, -0.1) is 6.58 Å². The highest BCUT2D eigenvalue weighted by Gasteiger charge is 2.22. The summed E-state index contributed by atoms with van der Waals surface area (Å²) >= 11 is 6.16. The zero-order chi connectivity index (χ0) is 13.0. The molecule has 0 atom stereocenters. The molecule has 0 unspecified atom stereocenters. The largest absolute Gasteiger partial charge is 0.279 e. The molecule has 0 bridgehead atoms. The van der Waals surface area contributed by atoms with Crippen molar-refractivity contribution in [2.45, 2.75) is 0 Å². The van der Waals surface area contributed by atoms with Crippen molar-refractivity contribution < 1.29 is 4.79 Å². The first-order valence-corrected chi connectivity index (χ1v) is 7.81. The van der Waals surface area contributed by atoms with Crippen LogP contribution in [0.15, 0.2) is 52.1 Å². The van der Waals surface area contributed by atoms with Crippen LogP contribution in [-0.4, -0.2) is 15.2 Å². The van der Waals surface area contributed by atoms with Crippen LogP contribution in [0.25, 0.3) is 6.08 Å². The van der Waals surface area contributed by atoms with Crippen molar-refractivity contribution in [2.75, 3.05) is 5.75 Å². The molecule has 0 spiro atoms. The first kappa shape index (κ1) is 13.6. The van der Waals surface area contributed by atoms with Crippen LogP contribution in [-0.2, 0) is 4.79 Å². The predicted octanol–water partition coefficient (Wildman–Crippen LogP) is 4.34. The van der Waals surface area contributed by atoms with Crippen molar-refractivity contribution in [2.24, 2.45) is 4.99 Å². The monoisotopic (exact) mass is 339 g/mol. The number of carbonyl (C=O) groups is 1. The molecule has 5 heteroatoms. The van der Waals surface area contributed by atoms with Crippen LogP contribution < -0.4 is 0 Å². The van der Waals surface area contributed by atoms with E-state index in [9.17, 15) is 4.79 Å². The van der Waals surface area contributed by atoms with E-state index >= 15 is 0 Å². The first-order valence-electron chi connectivity index (χ1n) is 5.21. The fourth-order valence-corrected chi connectivity index (χ4v) is 3.32. The minimum Gasteiger partial charge on any atom is -0.279 e. The smallest absolute Gasteiger partial charge is 0.244 e. The Bertz CT molecular complexity index is 552. The Hall–Kier alpha value is -0.780. The molecule has 0 radical (unpaired) electrons. The summed E-state index contributed by atoms with van der Waals surface area (Å²) in [5.41, 5.74) is 1.46. The molecule has 1 aliphatic heterocycles. The molecule has 1 heterocycles. The van der Waals surface area contributed by atoms with Gasteiger partial charge < -0.3 is 0 Å². The third kappa shape index (κ3) is 3.37. The number of rotatable bonds is 3. The van der Waals surface area contributed by atoms with E-state index in [1.807, 2.05) is 24.3 Å². The van der Waals surface area contributed by atoms with E-state index in [0.717, 1.165) is 20.2 Å². The van der Waals surface area contributed by atoms with Gasteiger partial charge in [0.25, 0.3) is 0 Å². The molecule has 0 N–H and O–H groups in total. The van der Waals surface area contributed by atoms with Crippen LogP contribution >= 0.6 is 39.5 Å². The van der Waals surface area contributed by atoms with E-state index in [1.165, 1.54) is 23.5 Å². The van der Waals surface area contributed by atoms with Gasteiger partial charge in [-0.3, -0.25) is 4.79 Å². The third-order valence-electron chi connectivity index (χ3n) is 2.12. The summed E-state index contributed by atoms with van der Waals surface area (Å²) in [6.07, 6.45) is 3.61. The van der Waals surface area contributed by atoms with Gasteiger partial charge in [0, 0.05) is 10.2 Å². The Morgan fingerprint density at radius 2 is 2.22 bits per heavy atom. The summed E-state index contributed by atoms with van der Waals surface area (Å²) < 4.78 is 1.75. The Morgan fingerprint density at radius 3 is 2.94 bits per heavy atom. The van der Waals surface area contributed by atoms with Crippen molar-refractivity contribution in [1.29, 1.82) is 0 Å². The zero-order valence-corrected chi connectivity index (χ0v) is 12.6. The van der Waals surface area contributed by atoms with Gasteiger partial charge in [-0.25, -0.2) is 4.99 Å². The number of halogens is 1. The number of hydrogen-bond acceptors (Lipinski definition) is 4. The van der Waals surface area contributed by atoms with Gasteiger partial charge in [0.2, 0.25) is 5.12 Å². The highest BCUT2D eigenvalue weighted by atomic mass is 79.9. The van der Waals surface area contributed by atoms with Gasteiger partial charge in [0.15, 0.2) is 0 Å². The van der Waals surface area contributed by atoms with Crippen molar-refractivity contribution in [3.8, 4) is 0 Å². The topological polar surface area (TPSA) is 29.4 Å². The standard InChI is InChI=1S/C13H10BrNOS2/c1-2-7-17-13-15-11(12(16)18-13)8-9-5-3-4-6-10(9)14/h2-6,8H,1,7H2/b11-8-. The van der Waals surface area contributed by atoms with Gasteiger partial charge in [-0.1, -0.05) is 52.0 Å². The van der Waals surface area contributed by atoms with E-state index in [2.05, 4.69) is 27.5 Å². The zero-order valence-electron chi connectivity index (χ0n) is 9.43. The molecule has 2 nitrogen and oxygen atoms in total. The molecule has 0 aromatic heterocycles. The van der Waals surface area contributed by atoms with Crippen LogP contribution in [0.2, 0.25) is 0 Å². The van der Waals surface area contributed by atoms with Gasteiger partial charge in [-0.2, -0.15) is 0 Å². The lowest BCUT2D eigenvalue weighted by Gasteiger charge is -1.97. The Kier molecular flexibility index (Phi) is 4.86. The van der Waals surface area contributed by atoms with Gasteiger partial charge in [0.1, 0.15) is 10.1 Å². The van der Waals surface area contributed by atoms with Crippen molar-refractivity contribution >= 4 is 55.0 Å². The maximum absolute atomic E-state index is 11.8. The normalized spacial score (nSPS) is 17.1. The number of benzene rings is 1. The summed E-state index contributed by atoms with van der Waals surface area (Å²) in [6.45, 7) is 3.65. The molecule has 0 aliphatic carbocycles. The highest BCUT2D eigenvalue weighted by Crippen LogP contribution is 2.31. The molecule has 0 saturated carbocycles. The predicted molar refractivity (Wildman–Crippen MR) is 84.8 cm³/mol. The van der Waals surface area contributed by atoms with Crippen LogP contribution in [0.4, 0.5) is 0 Å². The molecule has 0 saturated heterocycles. The van der Waals surface area contributed by atoms with E-state index in [4.69, 9.17) is 0 Å². The van der Waals surface area contributed by atoms with Gasteiger partial charge >= 0.3 is 0 Å². The van der Waals surface area contributed by atoms with Crippen LogP contribution in [0.1, 0.15) is 5.56 Å². The Balaban J connectivity index is 2.23. The number of aliphatic imine (C=N–C) groups is 1. The lowest BCUT2D eigenvalue weighted by Crippen LogP contribution is -1.88. The van der Waals surface area contributed by atoms with Crippen molar-refractivity contribution in [1.82, 2.24) is 0 Å². The van der Waals surface area contributed by atoms with Crippen LogP contribution in [0.5, 0.6) is 0 Å². The summed E-state index contributed by atoms with van der Waals surface area (Å²) in [5.74, 6) is 0.765. The summed E-state index contributed by atoms with van der Waals surface area (Å²) in [7, 11) is 0. The molecule has 1 aromatic carbocycles. The molecule has 0 amide bonds. The SMILES string of the molecule is C=CCSC1=N/C(=C\c2ccccc2Br)C(=O)S1. The van der Waals surface area contributed by atoms with Crippen molar-refractivity contribution in [3.63, 3.8) is 0 Å². The third-order valence-corrected chi connectivity index (χ3v) is 4.85. The lowest BCUT2D eigenvalue weighted by molar-refractivity contribution is -0.107. The molecule has 0 fully saturated rings. The quantitative estimate of drug-likeness (QED) is 0.606. The van der Waals surface area contributed by atoms with E-state index < -0.39 is 0 Å². The number of nitrogens with zero attached hydrogens (tertiary/aromatic N) is 1. The van der Waals surface area contributed by atoms with Gasteiger partial charge in [0.05, 0.1) is 0 Å². The second-order valence-electron chi connectivity index (χ2n) is 3.42. The molecular weight excluding hydrogens is 330 g/mol. The minimum absolute atomic E-state index is 0.00249. The fourth-order valence-electron chi connectivity index (χ4n) is 1.32. The van der Waals surface area contributed by atoms with E-state index in [-0.39, 0.29) is 5.12 Å². The molecule has 1 aromatic rings. The summed E-state index contributed by atoms with van der Waals surface area (Å²) in [6, 6.07) is 7.75. The minimum atomic E-state index is -0.00249. The van der Waals surface area contributed by atoms with Crippen molar-refractivity contribution in [3.05, 3.63) is 52.7 Å². The van der Waals surface area contributed by atoms with E-state index in [0.29, 0.717) is 5.70 Å². The molecule has 92 valence electrons. The van der Waals surface area contributed by atoms with Gasteiger partial charge in [-0.05, 0) is 29.5 Å². The summed E-state index contributed by atoms with van der Waals surface area (Å²) in [4.78, 5) is 16.1. The maximum atomic E-state index is 11.8. The molecule has 18 heavy (non-hydrogen) atoms. The number of thioether (sulfide) groups is 2.